The van der Waals surface area contributed by atoms with Gasteiger partial charge in [-0.15, -0.1) is 12.4 Å². The molecule has 2 atom stereocenters. The van der Waals surface area contributed by atoms with Crippen molar-refractivity contribution < 1.29 is 9.90 Å². The molecule has 11 heavy (non-hydrogen) atoms. The Balaban J connectivity index is 0.000001000. The summed E-state index contributed by atoms with van der Waals surface area (Å²) in [6.07, 6.45) is 0.668. The monoisotopic (exact) mass is 177 g/mol. The van der Waals surface area contributed by atoms with Crippen molar-refractivity contribution in [1.29, 1.82) is 0 Å². The molecule has 1 heterocycles. The summed E-state index contributed by atoms with van der Waals surface area (Å²) < 4.78 is 0. The Morgan fingerprint density at radius 1 is 1.73 bits per heavy atom. The third-order valence-corrected chi connectivity index (χ3v) is 1.93. The summed E-state index contributed by atoms with van der Waals surface area (Å²) >= 11 is 0. The number of rotatable bonds is 1. The van der Waals surface area contributed by atoms with Crippen molar-refractivity contribution in [3.05, 3.63) is 0 Å². The Bertz CT molecular complexity index is 191. The van der Waals surface area contributed by atoms with Gasteiger partial charge in [0.1, 0.15) is 6.04 Å². The summed E-state index contributed by atoms with van der Waals surface area (Å²) in [6, 6.07) is -0.477. The third kappa shape index (κ3) is 2.19. The number of hydrogen-bond donors (Lipinski definition) is 1. The average Bonchev–Trinajstić information content (AvgIpc) is 2.13. The summed E-state index contributed by atoms with van der Waals surface area (Å²) in [6.45, 7) is 3.88. The van der Waals surface area contributed by atoms with E-state index in [9.17, 15) is 4.79 Å². The Kier molecular flexibility index (Phi) is 3.52. The summed E-state index contributed by atoms with van der Waals surface area (Å²) in [4.78, 5) is 14.4. The minimum Gasteiger partial charge on any atom is -0.480 e. The molecule has 1 aliphatic rings. The molecule has 0 bridgehead atoms. The molecule has 64 valence electrons. The van der Waals surface area contributed by atoms with Crippen molar-refractivity contribution in [2.24, 2.45) is 10.9 Å². The van der Waals surface area contributed by atoms with Crippen molar-refractivity contribution in [2.75, 3.05) is 0 Å². The predicted molar refractivity (Wildman–Crippen MR) is 45.6 cm³/mol. The second-order valence-electron chi connectivity index (χ2n) is 2.76. The summed E-state index contributed by atoms with van der Waals surface area (Å²) in [7, 11) is 0. The molecule has 4 heteroatoms. The second-order valence-corrected chi connectivity index (χ2v) is 2.76. The molecule has 0 radical (unpaired) electrons. The van der Waals surface area contributed by atoms with Gasteiger partial charge < -0.3 is 5.11 Å². The number of carboxylic acid groups (broad SMARTS) is 1. The average molecular weight is 178 g/mol. The van der Waals surface area contributed by atoms with Crippen LogP contribution < -0.4 is 0 Å². The molecule has 0 saturated heterocycles. The van der Waals surface area contributed by atoms with Gasteiger partial charge in [-0.2, -0.15) is 0 Å². The van der Waals surface area contributed by atoms with E-state index in [1.165, 1.54) is 0 Å². The number of carboxylic acids is 1. The van der Waals surface area contributed by atoms with E-state index in [-0.39, 0.29) is 12.4 Å². The molecule has 0 aliphatic carbocycles. The first-order chi connectivity index (χ1) is 4.61. The van der Waals surface area contributed by atoms with Crippen molar-refractivity contribution in [2.45, 2.75) is 26.3 Å². The lowest BCUT2D eigenvalue weighted by molar-refractivity contribution is -0.138. The van der Waals surface area contributed by atoms with Crippen LogP contribution in [0.15, 0.2) is 4.99 Å². The molecular formula is C7H12ClNO2. The van der Waals surface area contributed by atoms with E-state index in [0.717, 1.165) is 5.71 Å². The molecule has 3 nitrogen and oxygen atoms in total. The molecule has 0 aromatic heterocycles. The molecule has 0 amide bonds. The van der Waals surface area contributed by atoms with Crippen LogP contribution >= 0.6 is 12.4 Å². The maximum atomic E-state index is 10.4. The maximum absolute atomic E-state index is 10.4. The Labute approximate surface area is 71.9 Å². The molecular weight excluding hydrogens is 166 g/mol. The van der Waals surface area contributed by atoms with Gasteiger partial charge in [0.15, 0.2) is 0 Å². The van der Waals surface area contributed by atoms with Crippen LogP contribution in [0.3, 0.4) is 0 Å². The minimum absolute atomic E-state index is 0. The SMILES string of the molecule is CC1=NC(C(=O)O)CC1C.Cl. The number of carbonyl (C=O) groups is 1. The maximum Gasteiger partial charge on any atom is 0.328 e. The van der Waals surface area contributed by atoms with E-state index in [0.29, 0.717) is 12.3 Å². The van der Waals surface area contributed by atoms with E-state index >= 15 is 0 Å². The van der Waals surface area contributed by atoms with E-state index in [1.54, 1.807) is 0 Å². The van der Waals surface area contributed by atoms with Crippen molar-refractivity contribution >= 4 is 24.1 Å². The van der Waals surface area contributed by atoms with Crippen molar-refractivity contribution in [1.82, 2.24) is 0 Å². The van der Waals surface area contributed by atoms with Gasteiger partial charge in [-0.25, -0.2) is 4.79 Å². The highest BCUT2D eigenvalue weighted by atomic mass is 35.5. The van der Waals surface area contributed by atoms with Crippen LogP contribution in [0.4, 0.5) is 0 Å². The van der Waals surface area contributed by atoms with Crippen LogP contribution in [0, 0.1) is 5.92 Å². The van der Waals surface area contributed by atoms with Gasteiger partial charge in [0.25, 0.3) is 0 Å². The molecule has 0 saturated carbocycles. The number of aliphatic imine (C=N–C) groups is 1. The summed E-state index contributed by atoms with van der Waals surface area (Å²) in [5, 5.41) is 8.54. The zero-order valence-electron chi connectivity index (χ0n) is 6.57. The molecule has 0 aromatic rings. The molecule has 1 rings (SSSR count). The van der Waals surface area contributed by atoms with Crippen LogP contribution in [-0.2, 0) is 4.79 Å². The lowest BCUT2D eigenvalue weighted by Gasteiger charge is -1.99. The first-order valence-corrected chi connectivity index (χ1v) is 3.38. The molecule has 0 fully saturated rings. The van der Waals surface area contributed by atoms with Gasteiger partial charge >= 0.3 is 5.97 Å². The number of hydrogen-bond acceptors (Lipinski definition) is 2. The lowest BCUT2D eigenvalue weighted by atomic mass is 10.0. The van der Waals surface area contributed by atoms with Crippen molar-refractivity contribution in [3.63, 3.8) is 0 Å². The van der Waals surface area contributed by atoms with Gasteiger partial charge in [-0.1, -0.05) is 6.92 Å². The number of halogens is 1. The Hall–Kier alpha value is -0.570. The topological polar surface area (TPSA) is 49.7 Å². The van der Waals surface area contributed by atoms with E-state index in [1.807, 2.05) is 13.8 Å². The normalized spacial score (nSPS) is 29.1. The second kappa shape index (κ2) is 3.72. The predicted octanol–water partition coefficient (Wildman–Crippen LogP) is 1.36. The van der Waals surface area contributed by atoms with Crippen LogP contribution in [0.25, 0.3) is 0 Å². The van der Waals surface area contributed by atoms with Gasteiger partial charge in [0.2, 0.25) is 0 Å². The molecule has 0 spiro atoms. The number of nitrogens with zero attached hydrogens (tertiary/aromatic N) is 1. The zero-order valence-corrected chi connectivity index (χ0v) is 7.39. The van der Waals surface area contributed by atoms with E-state index in [4.69, 9.17) is 5.11 Å². The fourth-order valence-corrected chi connectivity index (χ4v) is 1.09. The van der Waals surface area contributed by atoms with Gasteiger partial charge in [0, 0.05) is 5.71 Å². The Morgan fingerprint density at radius 3 is 2.45 bits per heavy atom. The molecule has 2 unspecified atom stereocenters. The first-order valence-electron chi connectivity index (χ1n) is 3.38. The number of aliphatic carboxylic acids is 1. The largest absolute Gasteiger partial charge is 0.480 e. The third-order valence-electron chi connectivity index (χ3n) is 1.93. The first kappa shape index (κ1) is 10.4. The highest BCUT2D eigenvalue weighted by molar-refractivity contribution is 5.90. The summed E-state index contributed by atoms with van der Waals surface area (Å²) in [5.41, 5.74) is 0.965. The fourth-order valence-electron chi connectivity index (χ4n) is 1.09. The van der Waals surface area contributed by atoms with Gasteiger partial charge in [-0.05, 0) is 19.3 Å². The zero-order chi connectivity index (χ0) is 7.72. The van der Waals surface area contributed by atoms with Crippen LogP contribution in [0.2, 0.25) is 0 Å². The quantitative estimate of drug-likeness (QED) is 0.658. The van der Waals surface area contributed by atoms with Crippen LogP contribution in [-0.4, -0.2) is 22.8 Å². The van der Waals surface area contributed by atoms with Crippen LogP contribution in [0.1, 0.15) is 20.3 Å². The van der Waals surface area contributed by atoms with Gasteiger partial charge in [-0.3, -0.25) is 4.99 Å². The molecule has 1 aliphatic heterocycles. The lowest BCUT2D eigenvalue weighted by Crippen LogP contribution is -2.15. The smallest absolute Gasteiger partial charge is 0.328 e. The van der Waals surface area contributed by atoms with E-state index < -0.39 is 12.0 Å². The standard InChI is InChI=1S/C7H11NO2.ClH/c1-4-3-6(7(9)10)8-5(4)2;/h4,6H,3H2,1-2H3,(H,9,10);1H. The van der Waals surface area contributed by atoms with E-state index in [2.05, 4.69) is 4.99 Å². The van der Waals surface area contributed by atoms with Gasteiger partial charge in [0.05, 0.1) is 0 Å². The minimum atomic E-state index is -0.802. The van der Waals surface area contributed by atoms with Crippen molar-refractivity contribution in [3.8, 4) is 0 Å². The summed E-state index contributed by atoms with van der Waals surface area (Å²) in [5.74, 6) is -0.454. The fraction of sp³-hybridized carbons (Fsp3) is 0.714. The molecule has 1 N–H and O–H groups in total. The molecule has 0 aromatic carbocycles. The highest BCUT2D eigenvalue weighted by Crippen LogP contribution is 2.19. The Morgan fingerprint density at radius 2 is 2.27 bits per heavy atom. The highest BCUT2D eigenvalue weighted by Gasteiger charge is 2.26. The van der Waals surface area contributed by atoms with Crippen LogP contribution in [0.5, 0.6) is 0 Å².